The van der Waals surface area contributed by atoms with E-state index < -0.39 is 11.7 Å². The third-order valence-corrected chi connectivity index (χ3v) is 15.3. The van der Waals surface area contributed by atoms with E-state index in [2.05, 4.69) is 99.7 Å². The predicted octanol–water partition coefficient (Wildman–Crippen LogP) is 22.1. The van der Waals surface area contributed by atoms with Gasteiger partial charge in [-0.15, -0.1) is 5.11 Å². The summed E-state index contributed by atoms with van der Waals surface area (Å²) in [6, 6.07) is 77.2. The maximum atomic E-state index is 12.9. The van der Waals surface area contributed by atoms with Crippen LogP contribution in [0.15, 0.2) is 306 Å². The molecular formula is C80H81F3N20. The van der Waals surface area contributed by atoms with E-state index in [1.165, 1.54) is 34.4 Å². The lowest BCUT2D eigenvalue weighted by atomic mass is 10.0. The van der Waals surface area contributed by atoms with Crippen molar-refractivity contribution in [3.8, 4) is 0 Å². The normalized spacial score (nSPS) is 11.2. The molecule has 103 heavy (non-hydrogen) atoms. The second-order valence-corrected chi connectivity index (χ2v) is 23.8. The van der Waals surface area contributed by atoms with Crippen molar-refractivity contribution in [2.45, 2.75) is 53.6 Å². The van der Waals surface area contributed by atoms with Crippen LogP contribution in [0.5, 0.6) is 0 Å². The fourth-order valence-corrected chi connectivity index (χ4v) is 9.43. The molecule has 0 heterocycles. The van der Waals surface area contributed by atoms with Crippen LogP contribution in [0, 0.1) is 34.6 Å². The van der Waals surface area contributed by atoms with Gasteiger partial charge < -0.3 is 57.3 Å². The fourth-order valence-electron chi connectivity index (χ4n) is 9.43. The van der Waals surface area contributed by atoms with Gasteiger partial charge in [0.25, 0.3) is 0 Å². The Morgan fingerprint density at radius 2 is 0.447 bits per heavy atom. The molecule has 522 valence electrons. The van der Waals surface area contributed by atoms with Crippen LogP contribution >= 0.6 is 0 Å². The molecule has 0 spiro atoms. The molecule has 0 aliphatic carbocycles. The maximum absolute atomic E-state index is 12.9. The van der Waals surface area contributed by atoms with Gasteiger partial charge in [-0.25, -0.2) is 0 Å². The molecule has 20 nitrogen and oxygen atoms in total. The Labute approximate surface area is 596 Å². The highest BCUT2D eigenvalue weighted by Gasteiger charge is 2.34. The molecule has 0 aliphatic heterocycles. The van der Waals surface area contributed by atoms with Crippen molar-refractivity contribution in [1.82, 2.24) is 0 Å². The molecule has 12 rings (SSSR count). The molecule has 0 amide bonds. The summed E-state index contributed by atoms with van der Waals surface area (Å²) in [6.07, 6.45) is -2.81. The quantitative estimate of drug-likeness (QED) is 0.0362. The summed E-state index contributed by atoms with van der Waals surface area (Å²) in [6.45, 7) is 9.56. The number of rotatable bonds is 14. The van der Waals surface area contributed by atoms with E-state index in [0.717, 1.165) is 126 Å². The fraction of sp³-hybridized carbons (Fsp3) is 0.100. The first-order chi connectivity index (χ1) is 49.3. The lowest BCUT2D eigenvalue weighted by molar-refractivity contribution is -0.137. The van der Waals surface area contributed by atoms with Crippen LogP contribution in [-0.2, 0) is 19.0 Å². The highest BCUT2D eigenvalue weighted by molar-refractivity contribution is 5.61. The van der Waals surface area contributed by atoms with E-state index in [1.54, 1.807) is 49.4 Å². The second-order valence-electron chi connectivity index (χ2n) is 23.8. The van der Waals surface area contributed by atoms with E-state index >= 15 is 0 Å². The van der Waals surface area contributed by atoms with Crippen molar-refractivity contribution in [3.05, 3.63) is 310 Å². The number of aryl methyl sites for hydroxylation is 5. The largest absolute Gasteiger partial charge is 0.418 e. The number of anilines is 10. The molecule has 12 aromatic rings. The first-order valence-corrected chi connectivity index (χ1v) is 32.2. The molecule has 0 aliphatic rings. The summed E-state index contributed by atoms with van der Waals surface area (Å²) < 4.78 is 38.7. The van der Waals surface area contributed by atoms with Crippen molar-refractivity contribution < 1.29 is 13.2 Å². The van der Waals surface area contributed by atoms with Gasteiger partial charge in [-0.3, -0.25) is 0 Å². The van der Waals surface area contributed by atoms with Crippen molar-refractivity contribution in [1.29, 1.82) is 0 Å². The number of benzene rings is 12. The van der Waals surface area contributed by atoms with E-state index in [-0.39, 0.29) is 11.4 Å². The molecule has 0 atom stereocenters. The van der Waals surface area contributed by atoms with Crippen LogP contribution < -0.4 is 57.3 Å². The molecule has 0 saturated carbocycles. The number of halogens is 3. The van der Waals surface area contributed by atoms with Gasteiger partial charge in [-0.1, -0.05) is 48.5 Å². The minimum Gasteiger partial charge on any atom is -0.399 e. The lowest BCUT2D eigenvalue weighted by Crippen LogP contribution is -2.05. The molecule has 0 fully saturated rings. The molecule has 0 saturated heterocycles. The van der Waals surface area contributed by atoms with Crippen molar-refractivity contribution in [2.24, 2.45) is 51.1 Å². The summed E-state index contributed by atoms with van der Waals surface area (Å²) in [4.78, 5) is 0. The molecule has 0 unspecified atom stereocenters. The van der Waals surface area contributed by atoms with Crippen LogP contribution in [0.25, 0.3) is 0 Å². The van der Waals surface area contributed by atoms with Gasteiger partial charge in [0.2, 0.25) is 0 Å². The zero-order chi connectivity index (χ0) is 74.0. The Balaban J connectivity index is 0.000000167. The van der Waals surface area contributed by atoms with Crippen molar-refractivity contribution in [3.63, 3.8) is 0 Å². The number of hydrogen-bond acceptors (Lipinski definition) is 20. The standard InChI is InChI=1S/C26H24N4.C14H13F3N4.2C14H16N4.C12H12N4/c27-23-9-1-19(2-10-23)17-21-5-13-25(14-6-21)29-30-26-15-7-22(8-16-26)18-20-3-11-24(28)12-4-20;1-8-6-9(18)2-4-12(8)20-21-13-5-3-10(19)7-11(13)14(15,16)17;1-9-7-11(3-5-13(9)15)17-18-12-4-6-14(16)10(2)8-12;1-9-7-11(15)3-5-13(9)17-18-14-6-4-12(16)8-10(14)2;13-9-1-5-11(6-2-9)15-16-12-7-3-10(14)4-8-12/h1-16H,17-18,27-28H2;2-7H,18-19H2,1H3;2*3-8H,15-16H2,1-2H3;1-8H,13-14H2. The molecular weight excluding hydrogens is 1300 g/mol. The van der Waals surface area contributed by atoms with Gasteiger partial charge in [0, 0.05) is 56.9 Å². The Morgan fingerprint density at radius 1 is 0.223 bits per heavy atom. The second kappa shape index (κ2) is 36.3. The number of hydrogen-bond donors (Lipinski definition) is 10. The van der Waals surface area contributed by atoms with Crippen LogP contribution in [0.1, 0.15) is 55.6 Å². The van der Waals surface area contributed by atoms with E-state index in [9.17, 15) is 13.2 Å². The smallest absolute Gasteiger partial charge is 0.399 e. The molecule has 20 N–H and O–H groups in total. The summed E-state index contributed by atoms with van der Waals surface area (Å²) in [5, 5.41) is 41.2. The Hall–Kier alpha value is -13.6. The van der Waals surface area contributed by atoms with Crippen molar-refractivity contribution >= 4 is 114 Å². The van der Waals surface area contributed by atoms with Crippen LogP contribution in [0.4, 0.5) is 127 Å². The molecule has 0 bridgehead atoms. The average molecular weight is 1380 g/mol. The van der Waals surface area contributed by atoms with Gasteiger partial charge in [-0.2, -0.15) is 59.2 Å². The Morgan fingerprint density at radius 3 is 0.728 bits per heavy atom. The number of nitrogen functional groups attached to an aromatic ring is 10. The van der Waals surface area contributed by atoms with Gasteiger partial charge in [0.1, 0.15) is 0 Å². The highest BCUT2D eigenvalue weighted by atomic mass is 19.4. The van der Waals surface area contributed by atoms with Crippen LogP contribution in [-0.4, -0.2) is 0 Å². The molecule has 0 aromatic heterocycles. The molecule has 12 aromatic carbocycles. The van der Waals surface area contributed by atoms with Crippen LogP contribution in [0.2, 0.25) is 0 Å². The highest BCUT2D eigenvalue weighted by Crippen LogP contribution is 2.39. The minimum atomic E-state index is -4.54. The number of nitrogens with zero attached hydrogens (tertiary/aromatic N) is 10. The van der Waals surface area contributed by atoms with Gasteiger partial charge >= 0.3 is 6.18 Å². The van der Waals surface area contributed by atoms with Gasteiger partial charge in [-0.05, 0) is 304 Å². The van der Waals surface area contributed by atoms with E-state index in [4.69, 9.17) is 57.3 Å². The van der Waals surface area contributed by atoms with E-state index in [1.807, 2.05) is 173 Å². The Kier molecular flexibility index (Phi) is 26.5. The topological polar surface area (TPSA) is 384 Å². The third kappa shape index (κ3) is 24.7. The average Bonchev–Trinajstić information content (AvgIpc) is 0.821. The van der Waals surface area contributed by atoms with Gasteiger partial charge in [0.05, 0.1) is 62.4 Å². The van der Waals surface area contributed by atoms with Crippen molar-refractivity contribution in [2.75, 3.05) is 57.3 Å². The molecule has 23 heteroatoms. The maximum Gasteiger partial charge on any atom is 0.418 e. The first kappa shape index (κ1) is 75.2. The van der Waals surface area contributed by atoms with Crippen LogP contribution in [0.3, 0.4) is 0 Å². The van der Waals surface area contributed by atoms with E-state index in [0.29, 0.717) is 22.7 Å². The summed E-state index contributed by atoms with van der Waals surface area (Å²) >= 11 is 0. The summed E-state index contributed by atoms with van der Waals surface area (Å²) in [7, 11) is 0. The monoisotopic (exact) mass is 1380 g/mol. The zero-order valence-electron chi connectivity index (χ0n) is 57.5. The summed E-state index contributed by atoms with van der Waals surface area (Å²) in [5.41, 5.74) is 78.4. The Bertz CT molecular complexity index is 4680. The number of azo groups is 5. The lowest BCUT2D eigenvalue weighted by Gasteiger charge is -2.10. The number of alkyl halides is 3. The first-order valence-electron chi connectivity index (χ1n) is 32.2. The van der Waals surface area contributed by atoms with Gasteiger partial charge in [0.15, 0.2) is 0 Å². The third-order valence-electron chi connectivity index (χ3n) is 15.3. The summed E-state index contributed by atoms with van der Waals surface area (Å²) in [5.74, 6) is 0. The minimum absolute atomic E-state index is 0.0185. The molecule has 0 radical (unpaired) electrons. The number of nitrogens with two attached hydrogens (primary N) is 10. The SMILES string of the molecule is Cc1cc(N)ccc1N=Nc1ccc(N)cc1C.Cc1cc(N)ccc1N=Nc1ccc(N)cc1C(F)(F)F.Cc1cc(N=Nc2ccc(N)c(C)c2)ccc1N.Nc1ccc(Cc2ccc(N=Nc3ccc(Cc4ccc(N)cc4)cc3)cc2)cc1.Nc1ccc(N=Nc2ccc(N)cc2)cc1. The predicted molar refractivity (Wildman–Crippen MR) is 417 cm³/mol. The zero-order valence-corrected chi connectivity index (χ0v) is 57.5.